The Balaban J connectivity index is 1.75. The molecule has 0 atom stereocenters. The molecule has 0 saturated carbocycles. The fourth-order valence-electron chi connectivity index (χ4n) is 4.24. The predicted octanol–water partition coefficient (Wildman–Crippen LogP) is 4.99. The zero-order chi connectivity index (χ0) is 29.0. The maximum absolute atomic E-state index is 15.4. The van der Waals surface area contributed by atoms with Crippen molar-refractivity contribution in [2.45, 2.75) is 51.0 Å². The smallest absolute Gasteiger partial charge is 0.326 e. The van der Waals surface area contributed by atoms with Gasteiger partial charge in [0.05, 0.1) is 17.1 Å². The summed E-state index contributed by atoms with van der Waals surface area (Å²) < 4.78 is 42.7. The number of anilines is 1. The Morgan fingerprint density at radius 3 is 2.52 bits per heavy atom. The van der Waals surface area contributed by atoms with Gasteiger partial charge in [-0.3, -0.25) is 9.36 Å². The maximum Gasteiger partial charge on any atom is 0.351 e. The van der Waals surface area contributed by atoms with E-state index < -0.39 is 21.5 Å². The van der Waals surface area contributed by atoms with Crippen molar-refractivity contribution in [2.75, 3.05) is 5.32 Å². The van der Waals surface area contributed by atoms with Gasteiger partial charge >= 0.3 is 5.69 Å². The summed E-state index contributed by atoms with van der Waals surface area (Å²) in [4.78, 5) is 25.4. The molecule has 3 aromatic carbocycles. The largest absolute Gasteiger partial charge is 0.351 e. The lowest BCUT2D eigenvalue weighted by atomic mass is 10.0. The van der Waals surface area contributed by atoms with E-state index in [1.807, 2.05) is 6.92 Å². The van der Waals surface area contributed by atoms with Crippen molar-refractivity contribution in [1.82, 2.24) is 14.3 Å². The minimum Gasteiger partial charge on any atom is -0.326 e. The summed E-state index contributed by atoms with van der Waals surface area (Å²) in [6, 6.07) is 15.5. The van der Waals surface area contributed by atoms with E-state index in [4.69, 9.17) is 5.14 Å². The van der Waals surface area contributed by atoms with Crippen molar-refractivity contribution in [3.63, 3.8) is 0 Å². The van der Waals surface area contributed by atoms with E-state index in [0.717, 1.165) is 12.8 Å². The molecule has 40 heavy (non-hydrogen) atoms. The minimum atomic E-state index is -4.02. The number of nitrogens with one attached hydrogen (secondary N) is 1. The van der Waals surface area contributed by atoms with E-state index in [-0.39, 0.29) is 28.5 Å². The van der Waals surface area contributed by atoms with Gasteiger partial charge in [-0.05, 0) is 58.2 Å². The SMILES string of the molecule is CCCCc1nn(-c2cc(NC(=O)CC)ccc2Br)c(=O)n1Cc1ccc(-c2ccccc2S(N)(=O)=O)cc1F. The number of unbranched alkanes of at least 4 members (excludes halogenated alkanes) is 1. The van der Waals surface area contributed by atoms with Crippen molar-refractivity contribution in [2.24, 2.45) is 5.14 Å². The summed E-state index contributed by atoms with van der Waals surface area (Å²) in [6.07, 6.45) is 2.45. The van der Waals surface area contributed by atoms with E-state index >= 15 is 4.39 Å². The number of aryl methyl sites for hydroxylation is 1. The van der Waals surface area contributed by atoms with Gasteiger partial charge in [-0.15, -0.1) is 5.10 Å². The third-order valence-corrected chi connectivity index (χ3v) is 8.00. The number of hydrogen-bond acceptors (Lipinski definition) is 5. The molecule has 210 valence electrons. The Bertz CT molecular complexity index is 1730. The van der Waals surface area contributed by atoms with E-state index in [2.05, 4.69) is 26.3 Å². The molecule has 1 heterocycles. The number of benzene rings is 3. The zero-order valence-electron chi connectivity index (χ0n) is 22.0. The number of carbonyl (C=O) groups excluding carboxylic acids is 1. The average Bonchev–Trinajstić information content (AvgIpc) is 3.23. The summed E-state index contributed by atoms with van der Waals surface area (Å²) in [5.74, 6) is -0.279. The molecule has 1 aromatic heterocycles. The number of nitrogens with two attached hydrogens (primary N) is 1. The zero-order valence-corrected chi connectivity index (χ0v) is 24.4. The van der Waals surface area contributed by atoms with Gasteiger partial charge in [-0.1, -0.05) is 50.6 Å². The molecule has 0 aliphatic heterocycles. The molecule has 0 spiro atoms. The summed E-state index contributed by atoms with van der Waals surface area (Å²) in [5, 5.41) is 12.7. The van der Waals surface area contributed by atoms with Gasteiger partial charge in [0.2, 0.25) is 15.9 Å². The molecule has 9 nitrogen and oxygen atoms in total. The van der Waals surface area contributed by atoms with E-state index in [9.17, 15) is 18.0 Å². The topological polar surface area (TPSA) is 129 Å². The van der Waals surface area contributed by atoms with Crippen molar-refractivity contribution in [3.8, 4) is 16.8 Å². The van der Waals surface area contributed by atoms with Gasteiger partial charge in [-0.2, -0.15) is 4.68 Å². The van der Waals surface area contributed by atoms with Crippen LogP contribution in [0.3, 0.4) is 0 Å². The van der Waals surface area contributed by atoms with Crippen LogP contribution in [0.4, 0.5) is 10.1 Å². The number of carbonyl (C=O) groups is 1. The first-order valence-corrected chi connectivity index (χ1v) is 15.1. The van der Waals surface area contributed by atoms with Crippen LogP contribution in [-0.4, -0.2) is 28.7 Å². The Kier molecular flexibility index (Phi) is 9.02. The number of sulfonamides is 1. The van der Waals surface area contributed by atoms with Crippen molar-refractivity contribution in [1.29, 1.82) is 0 Å². The predicted molar refractivity (Wildman–Crippen MR) is 155 cm³/mol. The molecule has 3 N–H and O–H groups in total. The number of hydrogen-bond donors (Lipinski definition) is 2. The first-order valence-electron chi connectivity index (χ1n) is 12.7. The molecule has 12 heteroatoms. The highest BCUT2D eigenvalue weighted by Crippen LogP contribution is 2.29. The molecule has 4 rings (SSSR count). The second-order valence-electron chi connectivity index (χ2n) is 9.22. The number of rotatable bonds is 10. The molecule has 0 fully saturated rings. The van der Waals surface area contributed by atoms with E-state index in [1.54, 1.807) is 49.4 Å². The van der Waals surface area contributed by atoms with Crippen LogP contribution in [0.2, 0.25) is 0 Å². The highest BCUT2D eigenvalue weighted by atomic mass is 79.9. The Morgan fingerprint density at radius 2 is 1.85 bits per heavy atom. The number of amides is 1. The van der Waals surface area contributed by atoms with Crippen molar-refractivity contribution < 1.29 is 17.6 Å². The Morgan fingerprint density at radius 1 is 1.10 bits per heavy atom. The monoisotopic (exact) mass is 629 g/mol. The average molecular weight is 631 g/mol. The fourth-order valence-corrected chi connectivity index (χ4v) is 5.42. The van der Waals surface area contributed by atoms with E-state index in [0.29, 0.717) is 40.1 Å². The van der Waals surface area contributed by atoms with Crippen LogP contribution < -0.4 is 16.1 Å². The van der Waals surface area contributed by atoms with Gasteiger partial charge in [0.15, 0.2) is 0 Å². The second kappa shape index (κ2) is 12.3. The third kappa shape index (κ3) is 6.40. The van der Waals surface area contributed by atoms with Crippen LogP contribution >= 0.6 is 15.9 Å². The van der Waals surface area contributed by atoms with Gasteiger partial charge in [0.25, 0.3) is 0 Å². The summed E-state index contributed by atoms with van der Waals surface area (Å²) >= 11 is 3.47. The highest BCUT2D eigenvalue weighted by Gasteiger charge is 2.20. The van der Waals surface area contributed by atoms with Crippen LogP contribution in [0, 0.1) is 5.82 Å². The van der Waals surface area contributed by atoms with Crippen LogP contribution in [-0.2, 0) is 27.8 Å². The highest BCUT2D eigenvalue weighted by molar-refractivity contribution is 9.10. The second-order valence-corrected chi connectivity index (χ2v) is 11.6. The van der Waals surface area contributed by atoms with Crippen molar-refractivity contribution >= 4 is 37.5 Å². The van der Waals surface area contributed by atoms with Gasteiger partial charge in [0.1, 0.15) is 11.6 Å². The van der Waals surface area contributed by atoms with Gasteiger partial charge in [0, 0.05) is 34.1 Å². The first-order chi connectivity index (χ1) is 19.0. The lowest BCUT2D eigenvalue weighted by molar-refractivity contribution is -0.115. The first kappa shape index (κ1) is 29.4. The molecule has 4 aromatic rings. The normalized spacial score (nSPS) is 11.5. The molecule has 0 unspecified atom stereocenters. The molecule has 0 aliphatic rings. The Labute approximate surface area is 240 Å². The van der Waals surface area contributed by atoms with Crippen LogP contribution in [0.1, 0.15) is 44.5 Å². The molecule has 0 aliphatic carbocycles. The number of aromatic nitrogens is 3. The number of nitrogens with zero attached hydrogens (tertiary/aromatic N) is 3. The molecule has 0 radical (unpaired) electrons. The molecule has 0 bridgehead atoms. The lowest BCUT2D eigenvalue weighted by Gasteiger charge is -2.11. The molecule has 1 amide bonds. The summed E-state index contributed by atoms with van der Waals surface area (Å²) in [6.45, 7) is 3.68. The number of halogens is 2. The Hall–Kier alpha value is -3.61. The van der Waals surface area contributed by atoms with Gasteiger partial charge < -0.3 is 5.32 Å². The van der Waals surface area contributed by atoms with Crippen LogP contribution in [0.25, 0.3) is 16.8 Å². The quantitative estimate of drug-likeness (QED) is 0.255. The molecular weight excluding hydrogens is 601 g/mol. The summed E-state index contributed by atoms with van der Waals surface area (Å²) in [5.41, 5.74) is 1.35. The molecule has 0 saturated heterocycles. The standard InChI is InChI=1S/C28H29BrFN5O4S/c1-3-5-10-26-33-35(24-16-20(13-14-22(24)29)32-27(36)4-2)28(37)34(26)17-19-12-11-18(15-23(19)30)21-8-6-7-9-25(21)40(31,38)39/h6-9,11-16H,3-5,10,17H2,1-2H3,(H,32,36)(H2,31,38,39). The van der Waals surface area contributed by atoms with Crippen molar-refractivity contribution in [3.05, 3.63) is 92.8 Å². The van der Waals surface area contributed by atoms with E-state index in [1.165, 1.54) is 27.4 Å². The maximum atomic E-state index is 15.4. The third-order valence-electron chi connectivity index (χ3n) is 6.36. The van der Waals surface area contributed by atoms with Crippen LogP contribution in [0.15, 0.2) is 74.8 Å². The summed E-state index contributed by atoms with van der Waals surface area (Å²) in [7, 11) is -4.02. The van der Waals surface area contributed by atoms with Gasteiger partial charge in [-0.25, -0.2) is 22.7 Å². The fraction of sp³-hybridized carbons (Fsp3) is 0.250. The van der Waals surface area contributed by atoms with Crippen LogP contribution in [0.5, 0.6) is 0 Å². The minimum absolute atomic E-state index is 0.0787. The molecular formula is C28H29BrFN5O4S. The number of primary sulfonamides is 1. The lowest BCUT2D eigenvalue weighted by Crippen LogP contribution is -2.25.